The molecular formula is C30H42O4. The van der Waals surface area contributed by atoms with E-state index >= 15 is 0 Å². The Morgan fingerprint density at radius 2 is 0.971 bits per heavy atom. The monoisotopic (exact) mass is 466 g/mol. The van der Waals surface area contributed by atoms with E-state index in [0.29, 0.717) is 12.2 Å². The van der Waals surface area contributed by atoms with Gasteiger partial charge in [-0.25, -0.2) is 0 Å². The quantitative estimate of drug-likeness (QED) is 0.219. The van der Waals surface area contributed by atoms with Crippen molar-refractivity contribution in [2.24, 2.45) is 0 Å². The summed E-state index contributed by atoms with van der Waals surface area (Å²) in [6, 6.07) is 9.18. The van der Waals surface area contributed by atoms with Gasteiger partial charge in [-0.1, -0.05) is 24.3 Å². The van der Waals surface area contributed by atoms with Gasteiger partial charge in [-0.3, -0.25) is 0 Å². The fourth-order valence-corrected chi connectivity index (χ4v) is 4.88. The molecule has 2 aliphatic rings. The van der Waals surface area contributed by atoms with Crippen LogP contribution >= 0.6 is 0 Å². The molecule has 0 N–H and O–H groups in total. The first-order chi connectivity index (χ1) is 16.5. The molecule has 2 aromatic rings. The average Bonchev–Trinajstić information content (AvgIpc) is 3.71. The van der Waals surface area contributed by atoms with E-state index in [2.05, 4.69) is 52.0 Å². The van der Waals surface area contributed by atoms with Crippen LogP contribution in [0.1, 0.15) is 71.9 Å². The van der Waals surface area contributed by atoms with Crippen LogP contribution in [0.15, 0.2) is 24.3 Å². The number of aryl methyl sites for hydroxylation is 6. The molecule has 2 atom stereocenters. The molecule has 2 saturated heterocycles. The maximum Gasteiger partial charge on any atom is 0.125 e. The molecule has 0 amide bonds. The molecular weight excluding hydrogens is 424 g/mol. The van der Waals surface area contributed by atoms with Gasteiger partial charge in [0.2, 0.25) is 0 Å². The van der Waals surface area contributed by atoms with E-state index < -0.39 is 0 Å². The van der Waals surface area contributed by atoms with Gasteiger partial charge >= 0.3 is 0 Å². The smallest absolute Gasteiger partial charge is 0.125 e. The standard InChI is InChI=1S/C30H42O4/c1-21-15-25(16-22(2)29(21)31-13-7-5-9-27-19-33-27)11-12-26-17-23(3)30(24(4)18-26)32-14-8-6-10-28-20-34-28/h15-18,27-28H,5-14,19-20H2,1-4H3. The lowest BCUT2D eigenvalue weighted by molar-refractivity contribution is 0.296. The summed E-state index contributed by atoms with van der Waals surface area (Å²) in [5, 5.41) is 0. The predicted octanol–water partition coefficient (Wildman–Crippen LogP) is 6.60. The van der Waals surface area contributed by atoms with Crippen LogP contribution in [0.25, 0.3) is 0 Å². The van der Waals surface area contributed by atoms with E-state index in [4.69, 9.17) is 18.9 Å². The van der Waals surface area contributed by atoms with Crippen molar-refractivity contribution in [2.75, 3.05) is 26.4 Å². The summed E-state index contributed by atoms with van der Waals surface area (Å²) >= 11 is 0. The molecule has 4 rings (SSSR count). The minimum absolute atomic E-state index is 0.525. The molecule has 4 nitrogen and oxygen atoms in total. The van der Waals surface area contributed by atoms with Crippen molar-refractivity contribution in [1.82, 2.24) is 0 Å². The van der Waals surface area contributed by atoms with Gasteiger partial charge in [0.1, 0.15) is 11.5 Å². The second-order valence-electron chi connectivity index (χ2n) is 10.2. The van der Waals surface area contributed by atoms with Crippen molar-refractivity contribution in [1.29, 1.82) is 0 Å². The molecule has 0 aromatic heterocycles. The van der Waals surface area contributed by atoms with Gasteiger partial charge in [0.05, 0.1) is 38.6 Å². The SMILES string of the molecule is Cc1cc(CCc2cc(C)c(OCCCCC3CO3)c(C)c2)cc(C)c1OCCCCC1CO1. The second-order valence-corrected chi connectivity index (χ2v) is 10.2. The second kappa shape index (κ2) is 12.1. The van der Waals surface area contributed by atoms with Crippen molar-refractivity contribution in [3.05, 3.63) is 57.6 Å². The van der Waals surface area contributed by atoms with Crippen LogP contribution in [0.5, 0.6) is 11.5 Å². The van der Waals surface area contributed by atoms with Crippen molar-refractivity contribution in [3.8, 4) is 11.5 Å². The molecule has 2 aliphatic heterocycles. The van der Waals surface area contributed by atoms with Crippen molar-refractivity contribution in [3.63, 3.8) is 0 Å². The Morgan fingerprint density at radius 3 is 1.29 bits per heavy atom. The van der Waals surface area contributed by atoms with Crippen LogP contribution in [0.3, 0.4) is 0 Å². The van der Waals surface area contributed by atoms with E-state index in [9.17, 15) is 0 Å². The maximum absolute atomic E-state index is 6.13. The fourth-order valence-electron chi connectivity index (χ4n) is 4.88. The Bertz CT molecular complexity index is 819. The lowest BCUT2D eigenvalue weighted by Gasteiger charge is -2.16. The first-order valence-corrected chi connectivity index (χ1v) is 13.2. The van der Waals surface area contributed by atoms with Crippen molar-refractivity contribution >= 4 is 0 Å². The number of rotatable bonds is 15. The Morgan fingerprint density at radius 1 is 0.618 bits per heavy atom. The van der Waals surface area contributed by atoms with E-state index in [1.807, 2.05) is 0 Å². The molecule has 0 radical (unpaired) electrons. The number of hydrogen-bond acceptors (Lipinski definition) is 4. The van der Waals surface area contributed by atoms with Gasteiger partial charge < -0.3 is 18.9 Å². The third kappa shape index (κ3) is 7.74. The maximum atomic E-state index is 6.13. The highest BCUT2D eigenvalue weighted by Crippen LogP contribution is 2.28. The summed E-state index contributed by atoms with van der Waals surface area (Å²) in [6.45, 7) is 12.2. The molecule has 2 aromatic carbocycles. The summed E-state index contributed by atoms with van der Waals surface area (Å²) in [5.41, 5.74) is 7.72. The Hall–Kier alpha value is -2.04. The van der Waals surface area contributed by atoms with Crippen molar-refractivity contribution in [2.45, 2.75) is 91.3 Å². The van der Waals surface area contributed by atoms with E-state index in [-0.39, 0.29) is 0 Å². The van der Waals surface area contributed by atoms with Crippen LogP contribution < -0.4 is 9.47 Å². The summed E-state index contributed by atoms with van der Waals surface area (Å²) in [4.78, 5) is 0. The molecule has 2 heterocycles. The first kappa shape index (κ1) is 25.1. The van der Waals surface area contributed by atoms with Gasteiger partial charge in [-0.2, -0.15) is 0 Å². The van der Waals surface area contributed by atoms with Crippen LogP contribution in [0.2, 0.25) is 0 Å². The highest BCUT2D eigenvalue weighted by Gasteiger charge is 2.21. The normalized spacial score (nSPS) is 18.7. The number of ether oxygens (including phenoxy) is 4. The Labute approximate surface area is 205 Å². The Kier molecular flexibility index (Phi) is 8.91. The van der Waals surface area contributed by atoms with Crippen LogP contribution in [0.4, 0.5) is 0 Å². The Balaban J connectivity index is 1.24. The molecule has 186 valence electrons. The molecule has 4 heteroatoms. The number of hydrogen-bond donors (Lipinski definition) is 0. The van der Waals surface area contributed by atoms with Gasteiger partial charge in [0.25, 0.3) is 0 Å². The number of epoxide rings is 2. The minimum Gasteiger partial charge on any atom is -0.493 e. The number of benzene rings is 2. The van der Waals surface area contributed by atoms with E-state index in [1.165, 1.54) is 59.1 Å². The zero-order valence-corrected chi connectivity index (χ0v) is 21.6. The number of unbranched alkanes of at least 4 members (excludes halogenated alkanes) is 2. The van der Waals surface area contributed by atoms with Crippen molar-refractivity contribution < 1.29 is 18.9 Å². The molecule has 0 aliphatic carbocycles. The van der Waals surface area contributed by atoms with Gasteiger partial charge in [-0.05, 0) is 112 Å². The topological polar surface area (TPSA) is 43.5 Å². The zero-order valence-electron chi connectivity index (χ0n) is 21.6. The molecule has 0 spiro atoms. The summed E-state index contributed by atoms with van der Waals surface area (Å²) in [7, 11) is 0. The highest BCUT2D eigenvalue weighted by molar-refractivity contribution is 5.45. The molecule has 2 unspecified atom stereocenters. The minimum atomic E-state index is 0.525. The predicted molar refractivity (Wildman–Crippen MR) is 137 cm³/mol. The lowest BCUT2D eigenvalue weighted by atomic mass is 9.97. The molecule has 34 heavy (non-hydrogen) atoms. The summed E-state index contributed by atoms with van der Waals surface area (Å²) < 4.78 is 22.8. The van der Waals surface area contributed by atoms with Crippen LogP contribution in [0, 0.1) is 27.7 Å². The summed E-state index contributed by atoms with van der Waals surface area (Å²) in [6.07, 6.45) is 10.00. The molecule has 0 bridgehead atoms. The van der Waals surface area contributed by atoms with Gasteiger partial charge in [-0.15, -0.1) is 0 Å². The molecule has 0 saturated carbocycles. The lowest BCUT2D eigenvalue weighted by Crippen LogP contribution is -2.04. The third-order valence-electron chi connectivity index (χ3n) is 6.88. The molecule has 2 fully saturated rings. The van der Waals surface area contributed by atoms with Crippen LogP contribution in [-0.2, 0) is 22.3 Å². The van der Waals surface area contributed by atoms with Gasteiger partial charge in [0, 0.05) is 0 Å². The fraction of sp³-hybridized carbons (Fsp3) is 0.600. The summed E-state index contributed by atoms with van der Waals surface area (Å²) in [5.74, 6) is 2.12. The van der Waals surface area contributed by atoms with E-state index in [0.717, 1.165) is 63.6 Å². The largest absolute Gasteiger partial charge is 0.493 e. The zero-order chi connectivity index (χ0) is 23.9. The first-order valence-electron chi connectivity index (χ1n) is 13.2. The van der Waals surface area contributed by atoms with Gasteiger partial charge in [0.15, 0.2) is 0 Å². The highest BCUT2D eigenvalue weighted by atomic mass is 16.6. The van der Waals surface area contributed by atoms with Crippen LogP contribution in [-0.4, -0.2) is 38.6 Å². The third-order valence-corrected chi connectivity index (χ3v) is 6.88. The van der Waals surface area contributed by atoms with E-state index in [1.54, 1.807) is 0 Å². The average molecular weight is 467 g/mol.